The first-order valence-electron chi connectivity index (χ1n) is 8.92. The van der Waals surface area contributed by atoms with E-state index in [0.29, 0.717) is 5.69 Å². The molecule has 2 aromatic carbocycles. The molecule has 0 bridgehead atoms. The van der Waals surface area contributed by atoms with Crippen molar-refractivity contribution in [3.05, 3.63) is 83.7 Å². The predicted octanol–water partition coefficient (Wildman–Crippen LogP) is 4.31. The Hall–Kier alpha value is -3.73. The topological polar surface area (TPSA) is 54.8 Å². The zero-order valence-corrected chi connectivity index (χ0v) is 15.7. The van der Waals surface area contributed by atoms with Crippen LogP contribution in [0, 0.1) is 0 Å². The molecule has 0 amide bonds. The summed E-state index contributed by atoms with van der Waals surface area (Å²) >= 11 is 0. The lowest BCUT2D eigenvalue weighted by molar-refractivity contribution is -0.129. The SMILES string of the molecule is CN(C)c1ccc(C=CC2=NC(=Cc3ccc4ccccc4n3)C(=O)O2)cc1. The summed E-state index contributed by atoms with van der Waals surface area (Å²) in [7, 11) is 3.99. The van der Waals surface area contributed by atoms with Crippen molar-refractivity contribution in [3.8, 4) is 0 Å². The van der Waals surface area contributed by atoms with Gasteiger partial charge in [0, 0.05) is 31.2 Å². The fraction of sp³-hybridized carbons (Fsp3) is 0.0870. The van der Waals surface area contributed by atoms with Crippen LogP contribution in [0.5, 0.6) is 0 Å². The number of aromatic nitrogens is 1. The first-order chi connectivity index (χ1) is 13.6. The Bertz CT molecular complexity index is 1130. The molecule has 0 fully saturated rings. The van der Waals surface area contributed by atoms with Gasteiger partial charge in [-0.15, -0.1) is 0 Å². The number of esters is 1. The number of benzene rings is 2. The number of carbonyl (C=O) groups excluding carboxylic acids is 1. The number of para-hydroxylation sites is 1. The van der Waals surface area contributed by atoms with Crippen LogP contribution in [0.1, 0.15) is 11.3 Å². The van der Waals surface area contributed by atoms with Crippen molar-refractivity contribution in [2.45, 2.75) is 0 Å². The molecule has 28 heavy (non-hydrogen) atoms. The molecule has 0 radical (unpaired) electrons. The maximum Gasteiger partial charge on any atom is 0.363 e. The first kappa shape index (κ1) is 17.7. The van der Waals surface area contributed by atoms with Crippen LogP contribution in [0.4, 0.5) is 5.69 Å². The second kappa shape index (κ2) is 7.48. The summed E-state index contributed by atoms with van der Waals surface area (Å²) < 4.78 is 5.24. The first-order valence-corrected chi connectivity index (χ1v) is 8.92. The Kier molecular flexibility index (Phi) is 4.72. The zero-order chi connectivity index (χ0) is 19.5. The third kappa shape index (κ3) is 3.83. The molecule has 0 N–H and O–H groups in total. The molecule has 0 saturated carbocycles. The molecule has 0 spiro atoms. The van der Waals surface area contributed by atoms with Crippen molar-refractivity contribution in [3.63, 3.8) is 0 Å². The zero-order valence-electron chi connectivity index (χ0n) is 15.7. The Morgan fingerprint density at radius 3 is 2.50 bits per heavy atom. The molecule has 4 rings (SSSR count). The Morgan fingerprint density at radius 2 is 1.71 bits per heavy atom. The van der Waals surface area contributed by atoms with E-state index in [-0.39, 0.29) is 11.6 Å². The highest BCUT2D eigenvalue weighted by atomic mass is 16.6. The van der Waals surface area contributed by atoms with Gasteiger partial charge in [-0.3, -0.25) is 0 Å². The van der Waals surface area contributed by atoms with Crippen molar-refractivity contribution in [2.24, 2.45) is 4.99 Å². The van der Waals surface area contributed by atoms with Crippen LogP contribution in [0.2, 0.25) is 0 Å². The average molecular weight is 369 g/mol. The minimum atomic E-state index is -0.474. The van der Waals surface area contributed by atoms with Crippen molar-refractivity contribution in [1.82, 2.24) is 4.98 Å². The van der Waals surface area contributed by atoms with Gasteiger partial charge in [0.2, 0.25) is 5.90 Å². The molecule has 5 heteroatoms. The fourth-order valence-electron chi connectivity index (χ4n) is 2.85. The van der Waals surface area contributed by atoms with Gasteiger partial charge in [-0.25, -0.2) is 14.8 Å². The van der Waals surface area contributed by atoms with Gasteiger partial charge < -0.3 is 9.64 Å². The normalized spacial score (nSPS) is 15.3. The smallest absolute Gasteiger partial charge is 0.363 e. The number of fused-ring (bicyclic) bond motifs is 1. The van der Waals surface area contributed by atoms with Crippen molar-refractivity contribution in [1.29, 1.82) is 0 Å². The molecular formula is C23H19N3O2. The third-order valence-corrected chi connectivity index (χ3v) is 4.37. The molecular weight excluding hydrogens is 350 g/mol. The van der Waals surface area contributed by atoms with Gasteiger partial charge in [0.15, 0.2) is 5.70 Å². The van der Waals surface area contributed by atoms with E-state index < -0.39 is 5.97 Å². The number of nitrogens with zero attached hydrogens (tertiary/aromatic N) is 3. The van der Waals surface area contributed by atoms with Crippen LogP contribution in [0.15, 0.2) is 77.4 Å². The van der Waals surface area contributed by atoms with E-state index in [1.165, 1.54) is 0 Å². The minimum Gasteiger partial charge on any atom is -0.403 e. The van der Waals surface area contributed by atoms with Gasteiger partial charge in [0.05, 0.1) is 11.2 Å². The number of hydrogen-bond acceptors (Lipinski definition) is 5. The second-order valence-electron chi connectivity index (χ2n) is 6.62. The van der Waals surface area contributed by atoms with Gasteiger partial charge in [0.25, 0.3) is 0 Å². The molecule has 5 nitrogen and oxygen atoms in total. The summed E-state index contributed by atoms with van der Waals surface area (Å²) in [6.07, 6.45) is 5.20. The molecule has 2 heterocycles. The van der Waals surface area contributed by atoms with Crippen molar-refractivity contribution < 1.29 is 9.53 Å². The van der Waals surface area contributed by atoms with Crippen LogP contribution < -0.4 is 4.90 Å². The van der Waals surface area contributed by atoms with Gasteiger partial charge in [-0.2, -0.15) is 0 Å². The predicted molar refractivity (Wildman–Crippen MR) is 113 cm³/mol. The maximum atomic E-state index is 12.1. The van der Waals surface area contributed by atoms with Crippen LogP contribution in [0.3, 0.4) is 0 Å². The number of pyridine rings is 1. The number of anilines is 1. The van der Waals surface area contributed by atoms with Crippen LogP contribution in [-0.2, 0) is 9.53 Å². The molecule has 3 aromatic rings. The summed E-state index contributed by atoms with van der Waals surface area (Å²) in [5, 5.41) is 1.05. The van der Waals surface area contributed by atoms with Gasteiger partial charge in [-0.1, -0.05) is 36.4 Å². The quantitative estimate of drug-likeness (QED) is 0.508. The fourth-order valence-corrected chi connectivity index (χ4v) is 2.85. The van der Waals surface area contributed by atoms with E-state index in [2.05, 4.69) is 9.98 Å². The van der Waals surface area contributed by atoms with E-state index in [9.17, 15) is 4.79 Å². The van der Waals surface area contributed by atoms with Crippen LogP contribution in [0.25, 0.3) is 23.1 Å². The van der Waals surface area contributed by atoms with Gasteiger partial charge in [-0.05, 0) is 42.0 Å². The molecule has 0 saturated heterocycles. The molecule has 1 aliphatic heterocycles. The summed E-state index contributed by atoms with van der Waals surface area (Å²) in [6, 6.07) is 19.7. The van der Waals surface area contributed by atoms with E-state index in [0.717, 1.165) is 22.2 Å². The molecule has 1 aliphatic rings. The Morgan fingerprint density at radius 1 is 0.929 bits per heavy atom. The number of cyclic esters (lactones) is 1. The van der Waals surface area contributed by atoms with E-state index >= 15 is 0 Å². The number of rotatable bonds is 4. The molecule has 138 valence electrons. The highest BCUT2D eigenvalue weighted by Gasteiger charge is 2.21. The minimum absolute atomic E-state index is 0.241. The average Bonchev–Trinajstić information content (AvgIpc) is 3.06. The van der Waals surface area contributed by atoms with Crippen LogP contribution >= 0.6 is 0 Å². The summed E-state index contributed by atoms with van der Waals surface area (Å²) in [6.45, 7) is 0. The highest BCUT2D eigenvalue weighted by Crippen LogP contribution is 2.19. The standard InChI is InChI=1S/C23H19N3O2/c1-26(2)19-12-7-16(8-13-19)9-14-22-25-21(23(27)28-22)15-18-11-10-17-5-3-4-6-20(17)24-18/h3-15H,1-2H3. The Labute approximate surface area is 163 Å². The van der Waals surface area contributed by atoms with Crippen molar-refractivity contribution >= 4 is 40.6 Å². The van der Waals surface area contributed by atoms with E-state index in [1.807, 2.05) is 85.7 Å². The third-order valence-electron chi connectivity index (χ3n) is 4.37. The number of ether oxygens (including phenoxy) is 1. The lowest BCUT2D eigenvalue weighted by Gasteiger charge is -2.11. The molecule has 0 atom stereocenters. The summed E-state index contributed by atoms with van der Waals surface area (Å²) in [5.41, 5.74) is 3.89. The maximum absolute atomic E-state index is 12.1. The lowest BCUT2D eigenvalue weighted by atomic mass is 10.2. The monoisotopic (exact) mass is 369 g/mol. The summed E-state index contributed by atoms with van der Waals surface area (Å²) in [5.74, 6) is -0.203. The number of hydrogen-bond donors (Lipinski definition) is 0. The number of aliphatic imine (C=N–C) groups is 1. The highest BCUT2D eigenvalue weighted by molar-refractivity contribution is 6.11. The largest absolute Gasteiger partial charge is 0.403 e. The van der Waals surface area contributed by atoms with Gasteiger partial charge in [0.1, 0.15) is 0 Å². The lowest BCUT2D eigenvalue weighted by Crippen LogP contribution is -2.07. The van der Waals surface area contributed by atoms with E-state index in [1.54, 1.807) is 12.2 Å². The second-order valence-corrected chi connectivity index (χ2v) is 6.62. The van der Waals surface area contributed by atoms with Crippen LogP contribution in [-0.4, -0.2) is 30.9 Å². The molecule has 1 aromatic heterocycles. The summed E-state index contributed by atoms with van der Waals surface area (Å²) in [4.78, 5) is 23.0. The van der Waals surface area contributed by atoms with Gasteiger partial charge >= 0.3 is 5.97 Å². The van der Waals surface area contributed by atoms with E-state index in [4.69, 9.17) is 4.74 Å². The number of carbonyl (C=O) groups is 1. The molecule has 0 unspecified atom stereocenters. The molecule has 0 aliphatic carbocycles. The van der Waals surface area contributed by atoms with Crippen molar-refractivity contribution in [2.75, 3.05) is 19.0 Å². The Balaban J connectivity index is 1.54.